The first kappa shape index (κ1) is 14.9. The normalized spacial score (nSPS) is 24.8. The Morgan fingerprint density at radius 3 is 2.95 bits per heavy atom. The van der Waals surface area contributed by atoms with Crippen molar-refractivity contribution in [3.8, 4) is 0 Å². The largest absolute Gasteiger partial charge is 0.310 e. The van der Waals surface area contributed by atoms with Crippen molar-refractivity contribution in [1.29, 1.82) is 0 Å². The number of thiazole rings is 1. The zero-order valence-electron chi connectivity index (χ0n) is 12.5. The molecular formula is C15H27N3S. The zero-order chi connectivity index (χ0) is 13.7. The van der Waals surface area contributed by atoms with E-state index in [0.29, 0.717) is 11.6 Å². The minimum Gasteiger partial charge on any atom is -0.310 e. The van der Waals surface area contributed by atoms with Crippen molar-refractivity contribution in [3.63, 3.8) is 0 Å². The molecule has 0 aromatic carbocycles. The lowest BCUT2D eigenvalue weighted by Gasteiger charge is -2.31. The molecule has 19 heavy (non-hydrogen) atoms. The maximum Gasteiger partial charge on any atom is 0.109 e. The van der Waals surface area contributed by atoms with Crippen LogP contribution in [0.3, 0.4) is 0 Å². The van der Waals surface area contributed by atoms with E-state index in [1.54, 1.807) is 0 Å². The Morgan fingerprint density at radius 2 is 2.37 bits per heavy atom. The third kappa shape index (κ3) is 3.77. The lowest BCUT2D eigenvalue weighted by atomic mass is 9.91. The number of aryl methyl sites for hydroxylation is 1. The van der Waals surface area contributed by atoms with Gasteiger partial charge in [-0.15, -0.1) is 11.3 Å². The molecule has 0 bridgehead atoms. The molecule has 2 atom stereocenters. The molecule has 1 aromatic heterocycles. The van der Waals surface area contributed by atoms with E-state index in [9.17, 15) is 0 Å². The first-order valence-corrected chi connectivity index (χ1v) is 8.44. The van der Waals surface area contributed by atoms with Crippen LogP contribution in [0.4, 0.5) is 0 Å². The van der Waals surface area contributed by atoms with E-state index >= 15 is 0 Å². The maximum atomic E-state index is 4.54. The van der Waals surface area contributed by atoms with E-state index in [1.807, 2.05) is 17.5 Å². The van der Waals surface area contributed by atoms with Gasteiger partial charge in [-0.2, -0.15) is 0 Å². The Kier molecular flexibility index (Phi) is 5.37. The van der Waals surface area contributed by atoms with E-state index in [1.165, 1.54) is 42.1 Å². The molecule has 1 saturated heterocycles. The number of aromatic nitrogens is 1. The summed E-state index contributed by atoms with van der Waals surface area (Å²) in [6, 6.07) is 0.362. The average Bonchev–Trinajstić information content (AvgIpc) is 3.06. The summed E-state index contributed by atoms with van der Waals surface area (Å²) in [6.07, 6.45) is 8.25. The van der Waals surface area contributed by atoms with Gasteiger partial charge in [-0.25, -0.2) is 4.98 Å². The van der Waals surface area contributed by atoms with Crippen molar-refractivity contribution in [1.82, 2.24) is 15.6 Å². The molecule has 1 aromatic rings. The first-order valence-electron chi connectivity index (χ1n) is 7.62. The summed E-state index contributed by atoms with van der Waals surface area (Å²) in [6.45, 7) is 8.93. The second kappa shape index (κ2) is 6.82. The van der Waals surface area contributed by atoms with E-state index < -0.39 is 0 Å². The number of nitrogens with zero attached hydrogens (tertiary/aromatic N) is 1. The van der Waals surface area contributed by atoms with Crippen molar-refractivity contribution in [2.75, 3.05) is 13.1 Å². The van der Waals surface area contributed by atoms with Crippen molar-refractivity contribution >= 4 is 11.3 Å². The van der Waals surface area contributed by atoms with Crippen molar-refractivity contribution in [3.05, 3.63) is 16.1 Å². The Morgan fingerprint density at radius 1 is 1.53 bits per heavy atom. The van der Waals surface area contributed by atoms with Crippen LogP contribution in [-0.4, -0.2) is 23.6 Å². The van der Waals surface area contributed by atoms with Gasteiger partial charge in [-0.3, -0.25) is 0 Å². The zero-order valence-corrected chi connectivity index (χ0v) is 13.3. The molecule has 1 aliphatic rings. The molecule has 0 saturated carbocycles. The second-order valence-electron chi connectivity index (χ2n) is 5.68. The quantitative estimate of drug-likeness (QED) is 0.805. The highest BCUT2D eigenvalue weighted by atomic mass is 32.1. The number of nitrogens with one attached hydrogen (secondary N) is 2. The summed E-state index contributed by atoms with van der Waals surface area (Å²) < 4.78 is 0. The van der Waals surface area contributed by atoms with Gasteiger partial charge in [0.05, 0.1) is 6.04 Å². The van der Waals surface area contributed by atoms with E-state index in [4.69, 9.17) is 0 Å². The highest BCUT2D eigenvalue weighted by Crippen LogP contribution is 2.26. The fourth-order valence-electron chi connectivity index (χ4n) is 2.92. The molecule has 2 rings (SSSR count). The van der Waals surface area contributed by atoms with Crippen molar-refractivity contribution in [2.45, 2.75) is 64.5 Å². The summed E-state index contributed by atoms with van der Waals surface area (Å²) >= 11 is 1.84. The van der Waals surface area contributed by atoms with Crippen LogP contribution in [0, 0.1) is 0 Å². The van der Waals surface area contributed by atoms with Gasteiger partial charge in [0.2, 0.25) is 0 Å². The Labute approximate surface area is 121 Å². The Balaban J connectivity index is 1.89. The molecule has 1 aliphatic heterocycles. The smallest absolute Gasteiger partial charge is 0.109 e. The molecular weight excluding hydrogens is 254 g/mol. The minimum atomic E-state index is 0.327. The van der Waals surface area contributed by atoms with Gasteiger partial charge in [-0.05, 0) is 39.2 Å². The van der Waals surface area contributed by atoms with Gasteiger partial charge in [0, 0.05) is 23.2 Å². The van der Waals surface area contributed by atoms with Crippen LogP contribution in [0.25, 0.3) is 0 Å². The molecule has 2 heterocycles. The molecule has 2 N–H and O–H groups in total. The maximum absolute atomic E-state index is 4.54. The molecule has 0 amide bonds. The standard InChI is InChI=1S/C15H27N3S/c1-4-7-15(8-6-9-18-15)11-17-12(3)14-16-10-13(5-2)19-14/h10,12,17-18H,4-9,11H2,1-3H3. The molecule has 0 radical (unpaired) electrons. The fourth-order valence-corrected chi connectivity index (χ4v) is 3.81. The van der Waals surface area contributed by atoms with Crippen LogP contribution >= 0.6 is 11.3 Å². The van der Waals surface area contributed by atoms with E-state index in [0.717, 1.165) is 13.0 Å². The lowest BCUT2D eigenvalue weighted by molar-refractivity contribution is 0.313. The van der Waals surface area contributed by atoms with Crippen LogP contribution in [0.5, 0.6) is 0 Å². The van der Waals surface area contributed by atoms with E-state index in [2.05, 4.69) is 36.4 Å². The summed E-state index contributed by atoms with van der Waals surface area (Å²) in [7, 11) is 0. The fraction of sp³-hybridized carbons (Fsp3) is 0.800. The lowest BCUT2D eigenvalue weighted by Crippen LogP contribution is -2.48. The van der Waals surface area contributed by atoms with Crippen LogP contribution in [0.1, 0.15) is 62.4 Å². The number of rotatable bonds is 7. The van der Waals surface area contributed by atoms with E-state index in [-0.39, 0.29) is 0 Å². The van der Waals surface area contributed by atoms with Crippen molar-refractivity contribution in [2.24, 2.45) is 0 Å². The molecule has 0 spiro atoms. The highest BCUT2D eigenvalue weighted by Gasteiger charge is 2.32. The van der Waals surface area contributed by atoms with Gasteiger partial charge in [0.1, 0.15) is 5.01 Å². The van der Waals surface area contributed by atoms with Gasteiger partial charge in [0.25, 0.3) is 0 Å². The Hall–Kier alpha value is -0.450. The first-order chi connectivity index (χ1) is 9.19. The van der Waals surface area contributed by atoms with Gasteiger partial charge < -0.3 is 10.6 Å². The summed E-state index contributed by atoms with van der Waals surface area (Å²) in [5, 5.41) is 8.63. The predicted octanol–water partition coefficient (Wildman–Crippen LogP) is 3.28. The summed E-state index contributed by atoms with van der Waals surface area (Å²) in [5.74, 6) is 0. The van der Waals surface area contributed by atoms with Crippen LogP contribution in [0.2, 0.25) is 0 Å². The van der Waals surface area contributed by atoms with Gasteiger partial charge in [0.15, 0.2) is 0 Å². The monoisotopic (exact) mass is 281 g/mol. The summed E-state index contributed by atoms with van der Waals surface area (Å²) in [4.78, 5) is 5.92. The van der Waals surface area contributed by atoms with Crippen molar-refractivity contribution < 1.29 is 0 Å². The average molecular weight is 281 g/mol. The van der Waals surface area contributed by atoms with Crippen LogP contribution < -0.4 is 10.6 Å². The van der Waals surface area contributed by atoms with Crippen LogP contribution in [0.15, 0.2) is 6.20 Å². The minimum absolute atomic E-state index is 0.327. The molecule has 4 heteroatoms. The van der Waals surface area contributed by atoms with Gasteiger partial charge >= 0.3 is 0 Å². The predicted molar refractivity (Wildman–Crippen MR) is 82.8 cm³/mol. The summed E-state index contributed by atoms with van der Waals surface area (Å²) in [5.41, 5.74) is 0.327. The molecule has 1 fully saturated rings. The molecule has 108 valence electrons. The SMILES string of the molecule is CCCC1(CNC(C)c2ncc(CC)s2)CCCN1. The molecule has 0 aliphatic carbocycles. The third-order valence-corrected chi connectivity index (χ3v) is 5.42. The molecule has 2 unspecified atom stereocenters. The second-order valence-corrected chi connectivity index (χ2v) is 6.83. The number of hydrogen-bond acceptors (Lipinski definition) is 4. The topological polar surface area (TPSA) is 37.0 Å². The highest BCUT2D eigenvalue weighted by molar-refractivity contribution is 7.11. The molecule has 3 nitrogen and oxygen atoms in total. The van der Waals surface area contributed by atoms with Gasteiger partial charge in [-0.1, -0.05) is 20.3 Å². The third-order valence-electron chi connectivity index (χ3n) is 4.10. The number of hydrogen-bond donors (Lipinski definition) is 2. The Bertz CT molecular complexity index is 382. The van der Waals surface area contributed by atoms with Crippen LogP contribution in [-0.2, 0) is 6.42 Å².